The van der Waals surface area contributed by atoms with E-state index in [4.69, 9.17) is 0 Å². The Morgan fingerprint density at radius 2 is 2.04 bits per heavy atom. The quantitative estimate of drug-likeness (QED) is 0.812. The number of pyridine rings is 1. The zero-order chi connectivity index (χ0) is 18.9. The molecule has 7 nitrogen and oxygen atoms in total. The SMILES string of the molecule is CC(C)(C)C1CCC2(CC1)NC(=O)N(CC(=O)Nc1cccnc1)C2=O. The first-order chi connectivity index (χ1) is 12.2. The lowest BCUT2D eigenvalue weighted by molar-refractivity contribution is -0.135. The van der Waals surface area contributed by atoms with Crippen LogP contribution in [0.4, 0.5) is 10.5 Å². The van der Waals surface area contributed by atoms with Crippen molar-refractivity contribution in [2.75, 3.05) is 11.9 Å². The summed E-state index contributed by atoms with van der Waals surface area (Å²) in [5.74, 6) is -0.168. The van der Waals surface area contributed by atoms with Gasteiger partial charge in [0.2, 0.25) is 5.91 Å². The largest absolute Gasteiger partial charge is 0.325 e. The maximum absolute atomic E-state index is 12.9. The van der Waals surface area contributed by atoms with Crippen LogP contribution in [-0.4, -0.2) is 39.8 Å². The summed E-state index contributed by atoms with van der Waals surface area (Å²) in [6.07, 6.45) is 6.15. The normalized spacial score (nSPS) is 26.1. The molecule has 26 heavy (non-hydrogen) atoms. The van der Waals surface area contributed by atoms with E-state index in [2.05, 4.69) is 36.4 Å². The second-order valence-corrected chi connectivity index (χ2v) is 8.33. The molecule has 1 aliphatic carbocycles. The Bertz CT molecular complexity index is 703. The van der Waals surface area contributed by atoms with Gasteiger partial charge in [0.25, 0.3) is 5.91 Å². The molecule has 0 aromatic carbocycles. The number of aromatic nitrogens is 1. The second-order valence-electron chi connectivity index (χ2n) is 8.33. The summed E-state index contributed by atoms with van der Waals surface area (Å²) >= 11 is 0. The highest BCUT2D eigenvalue weighted by atomic mass is 16.2. The molecule has 0 atom stereocenters. The van der Waals surface area contributed by atoms with Gasteiger partial charge in [-0.1, -0.05) is 20.8 Å². The molecule has 3 rings (SSSR count). The topological polar surface area (TPSA) is 91.4 Å². The molecular formula is C19H26N4O3. The summed E-state index contributed by atoms with van der Waals surface area (Å²) in [5.41, 5.74) is -0.116. The average molecular weight is 358 g/mol. The van der Waals surface area contributed by atoms with Gasteiger partial charge in [0.1, 0.15) is 12.1 Å². The van der Waals surface area contributed by atoms with Gasteiger partial charge >= 0.3 is 6.03 Å². The number of amides is 4. The van der Waals surface area contributed by atoms with Crippen LogP contribution in [0.5, 0.6) is 0 Å². The van der Waals surface area contributed by atoms with Gasteiger partial charge in [-0.3, -0.25) is 19.5 Å². The van der Waals surface area contributed by atoms with Gasteiger partial charge in [-0.2, -0.15) is 0 Å². The lowest BCUT2D eigenvalue weighted by Crippen LogP contribution is -2.50. The van der Waals surface area contributed by atoms with Crippen LogP contribution >= 0.6 is 0 Å². The van der Waals surface area contributed by atoms with Crippen molar-refractivity contribution in [3.8, 4) is 0 Å². The predicted molar refractivity (Wildman–Crippen MR) is 97.3 cm³/mol. The number of carbonyl (C=O) groups is 3. The Kier molecular flexibility index (Phi) is 4.73. The van der Waals surface area contributed by atoms with E-state index in [1.54, 1.807) is 18.3 Å². The van der Waals surface area contributed by atoms with E-state index in [9.17, 15) is 14.4 Å². The maximum atomic E-state index is 12.9. The molecule has 1 spiro atoms. The van der Waals surface area contributed by atoms with Gasteiger partial charge in [0.05, 0.1) is 11.9 Å². The summed E-state index contributed by atoms with van der Waals surface area (Å²) < 4.78 is 0. The summed E-state index contributed by atoms with van der Waals surface area (Å²) in [6, 6.07) is 2.92. The third-order valence-electron chi connectivity index (χ3n) is 5.56. The van der Waals surface area contributed by atoms with Gasteiger partial charge in [-0.25, -0.2) is 4.79 Å². The molecule has 0 radical (unpaired) electrons. The molecule has 1 aliphatic heterocycles. The molecule has 1 saturated heterocycles. The highest BCUT2D eigenvalue weighted by Gasteiger charge is 2.53. The first-order valence-electron chi connectivity index (χ1n) is 9.05. The highest BCUT2D eigenvalue weighted by molar-refractivity contribution is 6.10. The summed E-state index contributed by atoms with van der Waals surface area (Å²) in [4.78, 5) is 42.4. The number of hydrogen-bond acceptors (Lipinski definition) is 4. The first-order valence-corrected chi connectivity index (χ1v) is 9.05. The van der Waals surface area contributed by atoms with Crippen molar-refractivity contribution in [2.45, 2.75) is 52.0 Å². The summed E-state index contributed by atoms with van der Waals surface area (Å²) in [5, 5.41) is 5.51. The number of nitrogens with zero attached hydrogens (tertiary/aromatic N) is 2. The van der Waals surface area contributed by atoms with Gasteiger partial charge in [-0.05, 0) is 49.1 Å². The van der Waals surface area contributed by atoms with E-state index in [1.165, 1.54) is 6.20 Å². The Morgan fingerprint density at radius 3 is 2.62 bits per heavy atom. The van der Waals surface area contributed by atoms with Crippen molar-refractivity contribution in [1.29, 1.82) is 0 Å². The van der Waals surface area contributed by atoms with E-state index in [0.717, 1.165) is 17.7 Å². The van der Waals surface area contributed by atoms with E-state index >= 15 is 0 Å². The van der Waals surface area contributed by atoms with Crippen molar-refractivity contribution >= 4 is 23.5 Å². The Hall–Kier alpha value is -2.44. The van der Waals surface area contributed by atoms with E-state index in [-0.39, 0.29) is 17.9 Å². The standard InChI is InChI=1S/C19H26N4O3/c1-18(2,3)13-6-8-19(9-7-13)16(25)23(17(26)22-19)12-15(24)21-14-5-4-10-20-11-14/h4-5,10-11,13H,6-9,12H2,1-3H3,(H,21,24)(H,22,26). The fourth-order valence-electron chi connectivity index (χ4n) is 3.92. The molecule has 2 N–H and O–H groups in total. The third-order valence-corrected chi connectivity index (χ3v) is 5.56. The first kappa shape index (κ1) is 18.4. The smallest absolute Gasteiger partial charge is 0.323 e. The number of nitrogens with one attached hydrogen (secondary N) is 2. The molecule has 2 aliphatic rings. The van der Waals surface area contributed by atoms with Crippen LogP contribution in [0.25, 0.3) is 0 Å². The van der Waals surface area contributed by atoms with E-state index in [1.807, 2.05) is 0 Å². The predicted octanol–water partition coefficient (Wildman–Crippen LogP) is 2.55. The monoisotopic (exact) mass is 358 g/mol. The zero-order valence-corrected chi connectivity index (χ0v) is 15.5. The van der Waals surface area contributed by atoms with Crippen molar-refractivity contribution in [2.24, 2.45) is 11.3 Å². The number of rotatable bonds is 3. The van der Waals surface area contributed by atoms with Crippen LogP contribution in [0.2, 0.25) is 0 Å². The van der Waals surface area contributed by atoms with Crippen LogP contribution in [0.15, 0.2) is 24.5 Å². The van der Waals surface area contributed by atoms with Crippen molar-refractivity contribution in [3.05, 3.63) is 24.5 Å². The summed E-state index contributed by atoms with van der Waals surface area (Å²) in [6.45, 7) is 6.34. The zero-order valence-electron chi connectivity index (χ0n) is 15.5. The molecule has 1 aromatic heterocycles. The molecular weight excluding hydrogens is 332 g/mol. The molecule has 140 valence electrons. The van der Waals surface area contributed by atoms with Crippen LogP contribution < -0.4 is 10.6 Å². The van der Waals surface area contributed by atoms with Crippen molar-refractivity contribution in [3.63, 3.8) is 0 Å². The number of anilines is 1. The Balaban J connectivity index is 1.63. The molecule has 7 heteroatoms. The maximum Gasteiger partial charge on any atom is 0.325 e. The molecule has 4 amide bonds. The average Bonchev–Trinajstić information content (AvgIpc) is 2.79. The van der Waals surface area contributed by atoms with Crippen molar-refractivity contribution in [1.82, 2.24) is 15.2 Å². The minimum Gasteiger partial charge on any atom is -0.323 e. The molecule has 2 fully saturated rings. The van der Waals surface area contributed by atoms with E-state index in [0.29, 0.717) is 24.4 Å². The van der Waals surface area contributed by atoms with Crippen LogP contribution in [0, 0.1) is 11.3 Å². The molecule has 1 saturated carbocycles. The van der Waals surface area contributed by atoms with Crippen LogP contribution in [-0.2, 0) is 9.59 Å². The second kappa shape index (κ2) is 6.70. The van der Waals surface area contributed by atoms with Crippen molar-refractivity contribution < 1.29 is 14.4 Å². The Labute approximate surface area is 153 Å². The highest BCUT2D eigenvalue weighted by Crippen LogP contribution is 2.43. The number of carbonyl (C=O) groups excluding carboxylic acids is 3. The lowest BCUT2D eigenvalue weighted by atomic mass is 9.67. The van der Waals surface area contributed by atoms with Crippen LogP contribution in [0.1, 0.15) is 46.5 Å². The van der Waals surface area contributed by atoms with Gasteiger partial charge in [0, 0.05) is 6.20 Å². The Morgan fingerprint density at radius 1 is 1.35 bits per heavy atom. The number of imide groups is 1. The fraction of sp³-hybridized carbons (Fsp3) is 0.579. The number of hydrogen-bond donors (Lipinski definition) is 2. The molecule has 2 heterocycles. The van der Waals surface area contributed by atoms with Gasteiger partial charge < -0.3 is 10.6 Å². The van der Waals surface area contributed by atoms with Crippen LogP contribution in [0.3, 0.4) is 0 Å². The summed E-state index contributed by atoms with van der Waals surface area (Å²) in [7, 11) is 0. The lowest BCUT2D eigenvalue weighted by Gasteiger charge is -2.40. The molecule has 0 unspecified atom stereocenters. The molecule has 1 aromatic rings. The fourth-order valence-corrected chi connectivity index (χ4v) is 3.92. The molecule has 0 bridgehead atoms. The third kappa shape index (κ3) is 3.57. The van der Waals surface area contributed by atoms with E-state index < -0.39 is 17.5 Å². The number of urea groups is 1. The minimum atomic E-state index is -0.840. The van der Waals surface area contributed by atoms with Gasteiger partial charge in [0.15, 0.2) is 0 Å². The van der Waals surface area contributed by atoms with Gasteiger partial charge in [-0.15, -0.1) is 0 Å². The minimum absolute atomic E-state index is 0.191.